The van der Waals surface area contributed by atoms with Crippen LogP contribution in [-0.4, -0.2) is 17.2 Å². The Morgan fingerprint density at radius 2 is 1.96 bits per heavy atom. The van der Waals surface area contributed by atoms with Gasteiger partial charge in [0.1, 0.15) is 0 Å². The molecule has 4 heteroatoms. The standard InChI is InChI=1S/C24H25ClN2O/c1-4-8-19(22-15-21(25)12-11-17(22)2)13-14-26-18(3)23-16-27-24(28-23)20-9-6-5-7-10-20/h5-12,15-16H,4,13-14H2,1-3H3. The number of halogens is 1. The van der Waals surface area contributed by atoms with Gasteiger partial charge in [0.2, 0.25) is 5.89 Å². The normalized spacial score (nSPS) is 12.4. The minimum absolute atomic E-state index is 0.617. The molecule has 0 aliphatic carbocycles. The lowest BCUT2D eigenvalue weighted by molar-refractivity contribution is 0.564. The number of rotatable bonds is 7. The second-order valence-electron chi connectivity index (χ2n) is 6.71. The first kappa shape index (κ1) is 20.1. The Morgan fingerprint density at radius 1 is 1.18 bits per heavy atom. The molecule has 0 amide bonds. The number of aliphatic imine (C=N–C) groups is 1. The van der Waals surface area contributed by atoms with Crippen LogP contribution in [0.15, 0.2) is 70.2 Å². The molecule has 0 aliphatic rings. The maximum atomic E-state index is 6.20. The van der Waals surface area contributed by atoms with E-state index in [1.165, 1.54) is 16.7 Å². The summed E-state index contributed by atoms with van der Waals surface area (Å²) in [7, 11) is 0. The van der Waals surface area contributed by atoms with E-state index in [0.717, 1.165) is 29.1 Å². The number of oxazole rings is 1. The van der Waals surface area contributed by atoms with Crippen molar-refractivity contribution < 1.29 is 4.42 Å². The molecule has 2 aromatic carbocycles. The van der Waals surface area contributed by atoms with Gasteiger partial charge in [0.05, 0.1) is 11.9 Å². The van der Waals surface area contributed by atoms with E-state index in [9.17, 15) is 0 Å². The number of nitrogens with zero attached hydrogens (tertiary/aromatic N) is 2. The molecular formula is C24H25ClN2O. The third kappa shape index (κ3) is 4.99. The molecule has 1 aromatic heterocycles. The molecule has 0 atom stereocenters. The first-order chi connectivity index (χ1) is 13.6. The third-order valence-corrected chi connectivity index (χ3v) is 4.84. The molecule has 3 nitrogen and oxygen atoms in total. The van der Waals surface area contributed by atoms with Crippen molar-refractivity contribution in [3.63, 3.8) is 0 Å². The van der Waals surface area contributed by atoms with Crippen LogP contribution in [0.4, 0.5) is 0 Å². The van der Waals surface area contributed by atoms with Gasteiger partial charge in [0.15, 0.2) is 5.76 Å². The van der Waals surface area contributed by atoms with Crippen LogP contribution in [0.1, 0.15) is 43.6 Å². The summed E-state index contributed by atoms with van der Waals surface area (Å²) in [6, 6.07) is 15.9. The quantitative estimate of drug-likeness (QED) is 0.406. The summed E-state index contributed by atoms with van der Waals surface area (Å²) in [6.07, 6.45) is 5.83. The summed E-state index contributed by atoms with van der Waals surface area (Å²) in [5.41, 5.74) is 5.53. The van der Waals surface area contributed by atoms with Gasteiger partial charge in [-0.1, -0.05) is 48.9 Å². The van der Waals surface area contributed by atoms with Crippen molar-refractivity contribution in [1.82, 2.24) is 4.98 Å². The van der Waals surface area contributed by atoms with Gasteiger partial charge in [-0.25, -0.2) is 4.98 Å². The van der Waals surface area contributed by atoms with E-state index < -0.39 is 0 Å². The zero-order valence-electron chi connectivity index (χ0n) is 16.6. The lowest BCUT2D eigenvalue weighted by Crippen LogP contribution is -1.97. The molecule has 1 heterocycles. The fourth-order valence-corrected chi connectivity index (χ4v) is 3.28. The Hall–Kier alpha value is -2.65. The zero-order chi connectivity index (χ0) is 19.9. The second kappa shape index (κ2) is 9.52. The van der Waals surface area contributed by atoms with Gasteiger partial charge in [0, 0.05) is 17.1 Å². The van der Waals surface area contributed by atoms with Crippen LogP contribution in [0.3, 0.4) is 0 Å². The molecule has 0 fully saturated rings. The molecule has 144 valence electrons. The molecule has 0 N–H and O–H groups in total. The molecule has 0 saturated heterocycles. The first-order valence-electron chi connectivity index (χ1n) is 9.56. The molecule has 0 radical (unpaired) electrons. The highest BCUT2D eigenvalue weighted by atomic mass is 35.5. The average Bonchev–Trinajstić information content (AvgIpc) is 3.20. The highest BCUT2D eigenvalue weighted by molar-refractivity contribution is 6.30. The fourth-order valence-electron chi connectivity index (χ4n) is 3.11. The molecule has 0 spiro atoms. The SMILES string of the molecule is CCC=C(CCN=C(C)c1cnc(-c2ccccc2)o1)c1cc(Cl)ccc1C. The summed E-state index contributed by atoms with van der Waals surface area (Å²) in [4.78, 5) is 9.09. The predicted octanol–water partition coefficient (Wildman–Crippen LogP) is 7.00. The molecule has 0 bridgehead atoms. The second-order valence-corrected chi connectivity index (χ2v) is 7.15. The van der Waals surface area contributed by atoms with E-state index in [0.29, 0.717) is 18.2 Å². The Bertz CT molecular complexity index is 987. The molecule has 0 unspecified atom stereocenters. The molecule has 3 rings (SSSR count). The van der Waals surface area contributed by atoms with Crippen molar-refractivity contribution in [2.75, 3.05) is 6.54 Å². The number of allylic oxidation sites excluding steroid dienone is 1. The van der Waals surface area contributed by atoms with Crippen LogP contribution >= 0.6 is 11.6 Å². The summed E-state index contributed by atoms with van der Waals surface area (Å²) in [5.74, 6) is 1.32. The summed E-state index contributed by atoms with van der Waals surface area (Å²) < 4.78 is 5.88. The Morgan fingerprint density at radius 3 is 2.71 bits per heavy atom. The monoisotopic (exact) mass is 392 g/mol. The van der Waals surface area contributed by atoms with Crippen LogP contribution in [0, 0.1) is 6.92 Å². The Balaban J connectivity index is 1.71. The highest BCUT2D eigenvalue weighted by Gasteiger charge is 2.09. The lowest BCUT2D eigenvalue weighted by Gasteiger charge is -2.11. The zero-order valence-corrected chi connectivity index (χ0v) is 17.3. The number of aryl methyl sites for hydroxylation is 1. The van der Waals surface area contributed by atoms with Gasteiger partial charge >= 0.3 is 0 Å². The summed E-state index contributed by atoms with van der Waals surface area (Å²) >= 11 is 6.20. The van der Waals surface area contributed by atoms with Crippen LogP contribution in [-0.2, 0) is 0 Å². The van der Waals surface area contributed by atoms with Crippen LogP contribution in [0.2, 0.25) is 5.02 Å². The third-order valence-electron chi connectivity index (χ3n) is 4.61. The van der Waals surface area contributed by atoms with Gasteiger partial charge in [-0.3, -0.25) is 4.99 Å². The number of aromatic nitrogens is 1. The minimum Gasteiger partial charge on any atom is -0.435 e. The van der Waals surface area contributed by atoms with Crippen LogP contribution in [0.5, 0.6) is 0 Å². The molecular weight excluding hydrogens is 368 g/mol. The fraction of sp³-hybridized carbons (Fsp3) is 0.250. The first-order valence-corrected chi connectivity index (χ1v) is 9.94. The maximum absolute atomic E-state index is 6.20. The topological polar surface area (TPSA) is 38.4 Å². The van der Waals surface area contributed by atoms with E-state index in [1.54, 1.807) is 6.20 Å². The Labute approximate surface area is 171 Å². The van der Waals surface area contributed by atoms with Gasteiger partial charge in [0.25, 0.3) is 0 Å². The van der Waals surface area contributed by atoms with Crippen LogP contribution < -0.4 is 0 Å². The molecule has 28 heavy (non-hydrogen) atoms. The van der Waals surface area contributed by atoms with Crippen molar-refractivity contribution >= 4 is 22.9 Å². The smallest absolute Gasteiger partial charge is 0.226 e. The van der Waals surface area contributed by atoms with Gasteiger partial charge in [-0.05, 0) is 67.7 Å². The summed E-state index contributed by atoms with van der Waals surface area (Å²) in [6.45, 7) is 6.91. The van der Waals surface area contributed by atoms with Crippen molar-refractivity contribution in [3.05, 3.63) is 82.7 Å². The van der Waals surface area contributed by atoms with E-state index in [1.807, 2.05) is 49.4 Å². The van der Waals surface area contributed by atoms with Gasteiger partial charge < -0.3 is 4.42 Å². The highest BCUT2D eigenvalue weighted by Crippen LogP contribution is 2.26. The average molecular weight is 393 g/mol. The number of benzene rings is 2. The largest absolute Gasteiger partial charge is 0.435 e. The number of hydrogen-bond acceptors (Lipinski definition) is 3. The Kier molecular flexibility index (Phi) is 6.83. The lowest BCUT2D eigenvalue weighted by atomic mass is 9.97. The predicted molar refractivity (Wildman–Crippen MR) is 118 cm³/mol. The van der Waals surface area contributed by atoms with E-state index >= 15 is 0 Å². The van der Waals surface area contributed by atoms with E-state index in [4.69, 9.17) is 21.0 Å². The van der Waals surface area contributed by atoms with Gasteiger partial charge in [-0.2, -0.15) is 0 Å². The van der Waals surface area contributed by atoms with Crippen molar-refractivity contribution in [3.8, 4) is 11.5 Å². The molecule has 0 aliphatic heterocycles. The van der Waals surface area contributed by atoms with Crippen molar-refractivity contribution in [2.45, 2.75) is 33.6 Å². The molecule has 0 saturated carbocycles. The maximum Gasteiger partial charge on any atom is 0.226 e. The van der Waals surface area contributed by atoms with E-state index in [2.05, 4.69) is 31.0 Å². The minimum atomic E-state index is 0.617. The van der Waals surface area contributed by atoms with E-state index in [-0.39, 0.29) is 0 Å². The van der Waals surface area contributed by atoms with Crippen molar-refractivity contribution in [1.29, 1.82) is 0 Å². The van der Waals surface area contributed by atoms with Crippen molar-refractivity contribution in [2.24, 2.45) is 4.99 Å². The summed E-state index contributed by atoms with van der Waals surface area (Å²) in [5, 5.41) is 0.761. The van der Waals surface area contributed by atoms with Gasteiger partial charge in [-0.15, -0.1) is 0 Å². The molecule has 3 aromatic rings. The number of hydrogen-bond donors (Lipinski definition) is 0. The van der Waals surface area contributed by atoms with Crippen LogP contribution in [0.25, 0.3) is 17.0 Å².